The molecule has 0 saturated heterocycles. The van der Waals surface area contributed by atoms with Crippen molar-refractivity contribution in [3.05, 3.63) is 0 Å². The molecule has 4 heteroatoms. The van der Waals surface area contributed by atoms with Gasteiger partial charge in [-0.05, 0) is 0 Å². The summed E-state index contributed by atoms with van der Waals surface area (Å²) in [7, 11) is 0. The van der Waals surface area contributed by atoms with Gasteiger partial charge in [0.2, 0.25) is 0 Å². The van der Waals surface area contributed by atoms with Crippen molar-refractivity contribution in [3.8, 4) is 0 Å². The molecule has 0 radical (unpaired) electrons. The Kier molecular flexibility index (Phi) is 99.0. The monoisotopic (exact) mass is 217 g/mol. The Balaban J connectivity index is 0. The summed E-state index contributed by atoms with van der Waals surface area (Å²) in [6, 6.07) is 0. The van der Waals surface area contributed by atoms with Crippen molar-refractivity contribution in [1.29, 1.82) is 0 Å². The first-order valence-corrected chi connectivity index (χ1v) is 0. The maximum atomic E-state index is 0. The van der Waals surface area contributed by atoms with Crippen LogP contribution in [0.15, 0.2) is 0 Å². The fraction of sp³-hybridized carbons (Fsp3) is 0. The van der Waals surface area contributed by atoms with Gasteiger partial charge in [0.15, 0.2) is 0 Å². The molecule has 0 aliphatic rings. The van der Waals surface area contributed by atoms with E-state index in [1.807, 2.05) is 0 Å². The van der Waals surface area contributed by atoms with Gasteiger partial charge in [0, 0.05) is 0 Å². The summed E-state index contributed by atoms with van der Waals surface area (Å²) in [5, 5.41) is 0. The molecule has 0 heterocycles. The third-order valence-electron chi connectivity index (χ3n) is 0. The van der Waals surface area contributed by atoms with E-state index in [2.05, 4.69) is 0 Å². The minimum absolute atomic E-state index is 0. The van der Waals surface area contributed by atoms with Crippen LogP contribution in [0.1, 0.15) is 0 Å². The molecule has 0 aromatic carbocycles. The van der Waals surface area contributed by atoms with Crippen LogP contribution in [0.2, 0.25) is 0 Å². The van der Waals surface area contributed by atoms with Crippen LogP contribution in [0.5, 0.6) is 0 Å². The van der Waals surface area contributed by atoms with Crippen molar-refractivity contribution in [1.82, 2.24) is 0 Å². The summed E-state index contributed by atoms with van der Waals surface area (Å²) in [5.74, 6) is 0. The molecule has 4 heavy (non-hydrogen) atoms. The molecule has 0 amide bonds. The second-order valence-corrected chi connectivity index (χ2v) is 0. The molecule has 0 atom stereocenters. The summed E-state index contributed by atoms with van der Waals surface area (Å²) in [4.78, 5) is 0. The molecule has 0 bridgehead atoms. The SMILES string of the molecule is [Ba+2].[Ca+2].[Na+].[O-2]. The Morgan fingerprint density at radius 3 is 1.00 bits per heavy atom. The summed E-state index contributed by atoms with van der Waals surface area (Å²) < 4.78 is 0. The largest absolute Gasteiger partial charge is 2.00 e. The average molecular weight is 216 g/mol. The molecule has 0 saturated carbocycles. The molecule has 0 fully saturated rings. The van der Waals surface area contributed by atoms with Crippen LogP contribution in [0.25, 0.3) is 0 Å². The fourth-order valence-electron chi connectivity index (χ4n) is 0. The van der Waals surface area contributed by atoms with Gasteiger partial charge in [-0.15, -0.1) is 0 Å². The Hall–Kier alpha value is 3.79. The van der Waals surface area contributed by atoms with E-state index < -0.39 is 0 Å². The number of hydrogen-bond acceptors (Lipinski definition) is 0. The van der Waals surface area contributed by atoms with Crippen molar-refractivity contribution >= 4 is 86.6 Å². The van der Waals surface area contributed by atoms with E-state index in [1.54, 1.807) is 0 Å². The van der Waals surface area contributed by atoms with Gasteiger partial charge < -0.3 is 5.48 Å². The van der Waals surface area contributed by atoms with Crippen molar-refractivity contribution in [3.63, 3.8) is 0 Å². The van der Waals surface area contributed by atoms with Crippen LogP contribution < -0.4 is 29.6 Å². The molecule has 0 rings (SSSR count). The summed E-state index contributed by atoms with van der Waals surface area (Å²) >= 11 is 0. The molecule has 0 unspecified atom stereocenters. The molecule has 0 N–H and O–H groups in total. The van der Waals surface area contributed by atoms with Gasteiger partial charge in [0.1, 0.15) is 0 Å². The van der Waals surface area contributed by atoms with Gasteiger partial charge in [-0.2, -0.15) is 0 Å². The Bertz CT molecular complexity index is 8.00. The van der Waals surface area contributed by atoms with Crippen LogP contribution in [0.4, 0.5) is 0 Å². The molecule has 0 aliphatic carbocycles. The smallest absolute Gasteiger partial charge is 2.00 e. The standard InChI is InChI=1S/Ba.Ca.Na.O/q2*+2;+1;-2. The number of hydrogen-bond donors (Lipinski definition) is 0. The van der Waals surface area contributed by atoms with Crippen molar-refractivity contribution in [2.75, 3.05) is 0 Å². The van der Waals surface area contributed by atoms with Crippen LogP contribution in [0.3, 0.4) is 0 Å². The zero-order valence-electron chi connectivity index (χ0n) is 2.82. The minimum atomic E-state index is 0. The molecule has 8 valence electrons. The summed E-state index contributed by atoms with van der Waals surface area (Å²) in [6.45, 7) is 0. The third-order valence-corrected chi connectivity index (χ3v) is 0. The first-order chi connectivity index (χ1) is 0. The number of rotatable bonds is 0. The van der Waals surface area contributed by atoms with Crippen molar-refractivity contribution in [2.45, 2.75) is 0 Å². The maximum Gasteiger partial charge on any atom is 2.00 e. The molecular weight excluding hydrogens is 216 g/mol. The minimum Gasteiger partial charge on any atom is -2.00 e. The normalized spacial score (nSPS) is 0. The summed E-state index contributed by atoms with van der Waals surface area (Å²) in [5.41, 5.74) is 0. The predicted molar refractivity (Wildman–Crippen MR) is 12.2 cm³/mol. The first kappa shape index (κ1) is 25.0. The van der Waals surface area contributed by atoms with Crippen LogP contribution >= 0.6 is 0 Å². The molecule has 0 aromatic heterocycles. The van der Waals surface area contributed by atoms with E-state index >= 15 is 0 Å². The molecule has 0 aliphatic heterocycles. The zero-order valence-corrected chi connectivity index (χ0v) is 11.5. The van der Waals surface area contributed by atoms with Crippen LogP contribution in [-0.2, 0) is 5.48 Å². The van der Waals surface area contributed by atoms with Crippen molar-refractivity contribution < 1.29 is 35.0 Å². The average Bonchev–Trinajstić information content (AvgIpc) is 0. The Labute approximate surface area is 118 Å². The zero-order chi connectivity index (χ0) is 0. The molecule has 0 spiro atoms. The van der Waals surface area contributed by atoms with Gasteiger partial charge in [-0.25, -0.2) is 0 Å². The second kappa shape index (κ2) is 15.8. The van der Waals surface area contributed by atoms with Gasteiger partial charge >= 0.3 is 116 Å². The van der Waals surface area contributed by atoms with E-state index in [0.717, 1.165) is 0 Å². The Morgan fingerprint density at radius 1 is 1.00 bits per heavy atom. The van der Waals surface area contributed by atoms with Gasteiger partial charge in [-0.1, -0.05) is 0 Å². The van der Waals surface area contributed by atoms with Crippen LogP contribution in [-0.4, -0.2) is 86.6 Å². The van der Waals surface area contributed by atoms with E-state index in [9.17, 15) is 0 Å². The second-order valence-electron chi connectivity index (χ2n) is 0. The van der Waals surface area contributed by atoms with E-state index in [4.69, 9.17) is 0 Å². The summed E-state index contributed by atoms with van der Waals surface area (Å²) in [6.07, 6.45) is 0. The molecule has 0 aromatic rings. The van der Waals surface area contributed by atoms with Gasteiger partial charge in [0.05, 0.1) is 0 Å². The predicted octanol–water partition coefficient (Wildman–Crippen LogP) is -3.88. The van der Waals surface area contributed by atoms with E-state index in [0.29, 0.717) is 0 Å². The van der Waals surface area contributed by atoms with Crippen molar-refractivity contribution in [2.24, 2.45) is 0 Å². The quantitative estimate of drug-likeness (QED) is 0.371. The van der Waals surface area contributed by atoms with Gasteiger partial charge in [-0.3, -0.25) is 0 Å². The van der Waals surface area contributed by atoms with E-state index in [-0.39, 0.29) is 122 Å². The topological polar surface area (TPSA) is 28.5 Å². The fourth-order valence-corrected chi connectivity index (χ4v) is 0. The Morgan fingerprint density at radius 2 is 1.00 bits per heavy atom. The molecule has 1 nitrogen and oxygen atoms in total. The maximum absolute atomic E-state index is 0. The van der Waals surface area contributed by atoms with Gasteiger partial charge in [0.25, 0.3) is 0 Å². The first-order valence-electron chi connectivity index (χ1n) is 0. The van der Waals surface area contributed by atoms with Crippen LogP contribution in [0, 0.1) is 0 Å². The molecular formula is BaCaNaO+3. The third kappa shape index (κ3) is 9.25. The van der Waals surface area contributed by atoms with E-state index in [1.165, 1.54) is 0 Å².